The van der Waals surface area contributed by atoms with Crippen LogP contribution in [0.4, 0.5) is 5.69 Å². The fraction of sp³-hybridized carbons (Fsp3) is 0.529. The minimum atomic E-state index is -0.274. The molecule has 25 heavy (non-hydrogen) atoms. The van der Waals surface area contributed by atoms with Gasteiger partial charge in [0.25, 0.3) is 5.91 Å². The van der Waals surface area contributed by atoms with E-state index >= 15 is 0 Å². The van der Waals surface area contributed by atoms with E-state index in [9.17, 15) is 9.59 Å². The van der Waals surface area contributed by atoms with Crippen molar-refractivity contribution < 1.29 is 14.3 Å². The van der Waals surface area contributed by atoms with Gasteiger partial charge in [-0.25, -0.2) is 0 Å². The van der Waals surface area contributed by atoms with Crippen LogP contribution < -0.4 is 5.32 Å². The zero-order valence-corrected chi connectivity index (χ0v) is 15.4. The minimum absolute atomic E-state index is 0.0809. The third-order valence-corrected chi connectivity index (χ3v) is 5.20. The highest BCUT2D eigenvalue weighted by molar-refractivity contribution is 6.42. The molecule has 0 unspecified atom stereocenters. The molecule has 0 saturated carbocycles. The predicted molar refractivity (Wildman–Crippen MR) is 97.1 cm³/mol. The van der Waals surface area contributed by atoms with E-state index in [2.05, 4.69) is 5.32 Å². The van der Waals surface area contributed by atoms with Crippen LogP contribution in [0.3, 0.4) is 0 Å². The van der Waals surface area contributed by atoms with Crippen LogP contribution in [0.5, 0.6) is 0 Å². The number of halogens is 2. The molecule has 1 atom stereocenters. The Morgan fingerprint density at radius 1 is 1.16 bits per heavy atom. The molecule has 2 aliphatic heterocycles. The number of hydrogen-bond acceptors (Lipinski definition) is 4. The number of anilines is 1. The fourth-order valence-corrected chi connectivity index (χ4v) is 3.38. The van der Waals surface area contributed by atoms with Crippen LogP contribution in [-0.2, 0) is 14.3 Å². The van der Waals surface area contributed by atoms with Gasteiger partial charge >= 0.3 is 0 Å². The zero-order valence-electron chi connectivity index (χ0n) is 13.8. The molecule has 0 spiro atoms. The average Bonchev–Trinajstić information content (AvgIpc) is 3.13. The Labute approximate surface area is 157 Å². The van der Waals surface area contributed by atoms with Crippen LogP contribution >= 0.6 is 23.2 Å². The molecule has 136 valence electrons. The molecule has 0 bridgehead atoms. The summed E-state index contributed by atoms with van der Waals surface area (Å²) in [6.45, 7) is 3.55. The van der Waals surface area contributed by atoms with Gasteiger partial charge in [0.15, 0.2) is 0 Å². The highest BCUT2D eigenvalue weighted by Gasteiger charge is 2.30. The summed E-state index contributed by atoms with van der Waals surface area (Å²) in [5.41, 5.74) is 0.617. The van der Waals surface area contributed by atoms with Crippen molar-refractivity contribution in [2.75, 3.05) is 44.6 Å². The molecule has 2 heterocycles. The largest absolute Gasteiger partial charge is 0.368 e. The van der Waals surface area contributed by atoms with E-state index < -0.39 is 0 Å². The van der Waals surface area contributed by atoms with Gasteiger partial charge in [-0.15, -0.1) is 0 Å². The Balaban J connectivity index is 1.44. The Morgan fingerprint density at radius 3 is 2.56 bits per heavy atom. The first-order valence-corrected chi connectivity index (χ1v) is 9.16. The number of amides is 2. The molecule has 2 aliphatic rings. The molecule has 0 radical (unpaired) electrons. The van der Waals surface area contributed by atoms with Crippen molar-refractivity contribution in [3.8, 4) is 0 Å². The summed E-state index contributed by atoms with van der Waals surface area (Å²) >= 11 is 11.8. The van der Waals surface area contributed by atoms with Crippen molar-refractivity contribution in [2.24, 2.45) is 0 Å². The SMILES string of the molecule is O=C(CN1CCN(C(=O)[C@@H]2CCCO2)CC1)Nc1ccc(Cl)c(Cl)c1. The van der Waals surface area contributed by atoms with E-state index in [0.29, 0.717) is 48.5 Å². The Hall–Kier alpha value is -1.34. The van der Waals surface area contributed by atoms with Gasteiger partial charge in [0.05, 0.1) is 16.6 Å². The maximum absolute atomic E-state index is 12.3. The van der Waals surface area contributed by atoms with Crippen molar-refractivity contribution in [3.63, 3.8) is 0 Å². The van der Waals surface area contributed by atoms with Crippen molar-refractivity contribution in [1.82, 2.24) is 9.80 Å². The van der Waals surface area contributed by atoms with E-state index in [1.807, 2.05) is 9.80 Å². The van der Waals surface area contributed by atoms with Crippen LogP contribution in [0.2, 0.25) is 10.0 Å². The van der Waals surface area contributed by atoms with Crippen molar-refractivity contribution in [1.29, 1.82) is 0 Å². The van der Waals surface area contributed by atoms with E-state index in [-0.39, 0.29) is 24.5 Å². The topological polar surface area (TPSA) is 61.9 Å². The lowest BCUT2D eigenvalue weighted by atomic mass is 10.2. The Morgan fingerprint density at radius 2 is 1.92 bits per heavy atom. The summed E-state index contributed by atoms with van der Waals surface area (Å²) in [6, 6.07) is 4.99. The highest BCUT2D eigenvalue weighted by Crippen LogP contribution is 2.25. The lowest BCUT2D eigenvalue weighted by molar-refractivity contribution is -0.142. The first-order valence-electron chi connectivity index (χ1n) is 8.40. The lowest BCUT2D eigenvalue weighted by Crippen LogP contribution is -2.52. The summed E-state index contributed by atoms with van der Waals surface area (Å²) in [4.78, 5) is 28.4. The molecular weight excluding hydrogens is 365 g/mol. The Kier molecular flexibility index (Phi) is 6.17. The number of piperazine rings is 1. The molecule has 1 aromatic carbocycles. The van der Waals surface area contributed by atoms with Gasteiger partial charge in [-0.05, 0) is 31.0 Å². The highest BCUT2D eigenvalue weighted by atomic mass is 35.5. The van der Waals surface area contributed by atoms with Gasteiger partial charge in [0.2, 0.25) is 5.91 Å². The van der Waals surface area contributed by atoms with Crippen molar-refractivity contribution in [3.05, 3.63) is 28.2 Å². The maximum atomic E-state index is 12.3. The molecule has 3 rings (SSSR count). The van der Waals surface area contributed by atoms with Gasteiger partial charge < -0.3 is 15.0 Å². The molecule has 0 aliphatic carbocycles. The molecule has 2 saturated heterocycles. The molecule has 1 aromatic rings. The van der Waals surface area contributed by atoms with Gasteiger partial charge in [-0.2, -0.15) is 0 Å². The van der Waals surface area contributed by atoms with Gasteiger partial charge in [-0.3, -0.25) is 14.5 Å². The number of benzene rings is 1. The van der Waals surface area contributed by atoms with Crippen molar-refractivity contribution >= 4 is 40.7 Å². The molecule has 6 nitrogen and oxygen atoms in total. The number of hydrogen-bond donors (Lipinski definition) is 1. The van der Waals surface area contributed by atoms with E-state index in [0.717, 1.165) is 12.8 Å². The van der Waals surface area contributed by atoms with Crippen LogP contribution in [0.15, 0.2) is 18.2 Å². The molecular formula is C17H21Cl2N3O3. The van der Waals surface area contributed by atoms with Crippen LogP contribution in [0.25, 0.3) is 0 Å². The normalized spacial score (nSPS) is 21.4. The van der Waals surface area contributed by atoms with Gasteiger partial charge in [0.1, 0.15) is 6.10 Å². The molecule has 0 aromatic heterocycles. The molecule has 8 heteroatoms. The number of carbonyl (C=O) groups excluding carboxylic acids is 2. The number of ether oxygens (including phenoxy) is 1. The fourth-order valence-electron chi connectivity index (χ4n) is 3.08. The molecule has 1 N–H and O–H groups in total. The summed E-state index contributed by atoms with van der Waals surface area (Å²) in [5, 5.41) is 3.67. The second-order valence-electron chi connectivity index (χ2n) is 6.28. The number of rotatable bonds is 4. The number of nitrogens with zero attached hydrogens (tertiary/aromatic N) is 2. The maximum Gasteiger partial charge on any atom is 0.251 e. The number of nitrogens with one attached hydrogen (secondary N) is 1. The number of carbonyl (C=O) groups is 2. The predicted octanol–water partition coefficient (Wildman–Crippen LogP) is 2.26. The average molecular weight is 386 g/mol. The quantitative estimate of drug-likeness (QED) is 0.863. The second-order valence-corrected chi connectivity index (χ2v) is 7.09. The Bertz CT molecular complexity index is 642. The van der Waals surface area contributed by atoms with E-state index in [4.69, 9.17) is 27.9 Å². The van der Waals surface area contributed by atoms with Crippen LogP contribution in [0.1, 0.15) is 12.8 Å². The zero-order chi connectivity index (χ0) is 17.8. The van der Waals surface area contributed by atoms with Crippen LogP contribution in [0, 0.1) is 0 Å². The van der Waals surface area contributed by atoms with Crippen molar-refractivity contribution in [2.45, 2.75) is 18.9 Å². The van der Waals surface area contributed by atoms with Crippen LogP contribution in [-0.4, -0.2) is 67.0 Å². The van der Waals surface area contributed by atoms with Gasteiger partial charge in [0, 0.05) is 38.5 Å². The summed E-state index contributed by atoms with van der Waals surface area (Å²) < 4.78 is 5.45. The third-order valence-electron chi connectivity index (χ3n) is 4.46. The van der Waals surface area contributed by atoms with E-state index in [1.165, 1.54) is 0 Å². The first-order chi connectivity index (χ1) is 12.0. The van der Waals surface area contributed by atoms with E-state index in [1.54, 1.807) is 18.2 Å². The molecule has 2 fully saturated rings. The third kappa shape index (κ3) is 4.85. The summed E-state index contributed by atoms with van der Waals surface area (Å²) in [6.07, 6.45) is 1.49. The summed E-state index contributed by atoms with van der Waals surface area (Å²) in [5.74, 6) is -0.0327. The lowest BCUT2D eigenvalue weighted by Gasteiger charge is -2.35. The standard InChI is InChI=1S/C17H21Cl2N3O3/c18-13-4-3-12(10-14(13)19)20-16(23)11-21-5-7-22(8-6-21)17(24)15-2-1-9-25-15/h3-4,10,15H,1-2,5-9,11H2,(H,20,23)/t15-/m0/s1. The van der Waals surface area contributed by atoms with Gasteiger partial charge in [-0.1, -0.05) is 23.2 Å². The first kappa shape index (κ1) is 18.5. The smallest absolute Gasteiger partial charge is 0.251 e. The summed E-state index contributed by atoms with van der Waals surface area (Å²) in [7, 11) is 0. The minimum Gasteiger partial charge on any atom is -0.368 e. The monoisotopic (exact) mass is 385 g/mol. The molecule has 2 amide bonds. The second kappa shape index (κ2) is 8.36.